The molecule has 2 aromatic rings. The predicted octanol–water partition coefficient (Wildman–Crippen LogP) is 3.42. The number of hydrogen-bond donors (Lipinski definition) is 2. The van der Waals surface area contributed by atoms with E-state index in [2.05, 4.69) is 10.6 Å². The standard InChI is InChI=1S/C22H26N2O7S2/c1-6-30-22(29)18-12(3)19(20(28)23-5)33-21(18)24-16(26)10-31-17(27)8-7-15(25)14-9-11(2)32-13(14)4/h9H,6-8,10H2,1-5H3,(H,23,28)(H,24,26). The lowest BCUT2D eigenvalue weighted by atomic mass is 10.1. The van der Waals surface area contributed by atoms with Gasteiger partial charge in [0.1, 0.15) is 5.00 Å². The van der Waals surface area contributed by atoms with E-state index in [9.17, 15) is 24.0 Å². The van der Waals surface area contributed by atoms with E-state index in [1.165, 1.54) is 18.4 Å². The molecule has 0 aromatic carbocycles. The van der Waals surface area contributed by atoms with Crippen molar-refractivity contribution in [2.45, 2.75) is 40.5 Å². The van der Waals surface area contributed by atoms with E-state index in [0.717, 1.165) is 21.1 Å². The SMILES string of the molecule is CCOC(=O)c1c(NC(=O)COC(=O)CCC(=O)c2cc(C)sc2C)sc(C(=O)NC)c1C. The largest absolute Gasteiger partial charge is 0.462 e. The predicted molar refractivity (Wildman–Crippen MR) is 125 cm³/mol. The first-order chi connectivity index (χ1) is 15.6. The minimum atomic E-state index is -0.692. The van der Waals surface area contributed by atoms with Crippen LogP contribution in [-0.4, -0.2) is 49.8 Å². The minimum Gasteiger partial charge on any atom is -0.462 e. The van der Waals surface area contributed by atoms with Crippen LogP contribution in [-0.2, 0) is 19.1 Å². The second-order valence-corrected chi connectivity index (χ2v) is 9.50. The molecule has 0 saturated carbocycles. The highest BCUT2D eigenvalue weighted by atomic mass is 32.1. The third-order valence-corrected chi connectivity index (χ3v) is 6.75. The molecule has 0 atom stereocenters. The second kappa shape index (κ2) is 11.7. The molecule has 0 unspecified atom stereocenters. The fraction of sp³-hybridized carbons (Fsp3) is 0.409. The molecule has 9 nitrogen and oxygen atoms in total. The number of anilines is 1. The van der Waals surface area contributed by atoms with Gasteiger partial charge < -0.3 is 20.1 Å². The molecule has 178 valence electrons. The molecule has 2 N–H and O–H groups in total. The lowest BCUT2D eigenvalue weighted by Gasteiger charge is -2.08. The van der Waals surface area contributed by atoms with Gasteiger partial charge in [0.2, 0.25) is 0 Å². The number of ketones is 1. The first-order valence-corrected chi connectivity index (χ1v) is 11.8. The number of esters is 2. The topological polar surface area (TPSA) is 128 Å². The zero-order valence-corrected chi connectivity index (χ0v) is 20.7. The quantitative estimate of drug-likeness (QED) is 0.383. The molecule has 0 bridgehead atoms. The summed E-state index contributed by atoms with van der Waals surface area (Å²) in [5, 5.41) is 5.11. The molecule has 0 spiro atoms. The molecule has 0 saturated heterocycles. The highest BCUT2D eigenvalue weighted by molar-refractivity contribution is 7.18. The average molecular weight is 495 g/mol. The number of nitrogens with one attached hydrogen (secondary N) is 2. The van der Waals surface area contributed by atoms with Crippen LogP contribution in [0, 0.1) is 20.8 Å². The van der Waals surface area contributed by atoms with E-state index >= 15 is 0 Å². The summed E-state index contributed by atoms with van der Waals surface area (Å²) in [6.45, 7) is 6.50. The summed E-state index contributed by atoms with van der Waals surface area (Å²) >= 11 is 2.43. The molecule has 0 aliphatic rings. The number of carbonyl (C=O) groups excluding carboxylic acids is 5. The van der Waals surface area contributed by atoms with Gasteiger partial charge in [-0.15, -0.1) is 22.7 Å². The number of Topliss-reactive ketones (excluding diaryl/α,β-unsaturated/α-hetero) is 1. The maximum atomic E-state index is 12.3. The van der Waals surface area contributed by atoms with Crippen molar-refractivity contribution in [1.29, 1.82) is 0 Å². The maximum Gasteiger partial charge on any atom is 0.341 e. The zero-order valence-electron chi connectivity index (χ0n) is 19.1. The summed E-state index contributed by atoms with van der Waals surface area (Å²) in [7, 11) is 1.45. The molecule has 11 heteroatoms. The Hall–Kier alpha value is -3.05. The van der Waals surface area contributed by atoms with Crippen LogP contribution in [0.25, 0.3) is 0 Å². The molecule has 2 aromatic heterocycles. The van der Waals surface area contributed by atoms with Crippen LogP contribution in [0.3, 0.4) is 0 Å². The minimum absolute atomic E-state index is 0.0237. The fourth-order valence-electron chi connectivity index (χ4n) is 3.02. The van der Waals surface area contributed by atoms with Gasteiger partial charge in [-0.05, 0) is 39.3 Å². The van der Waals surface area contributed by atoms with Crippen LogP contribution >= 0.6 is 22.7 Å². The van der Waals surface area contributed by atoms with E-state index < -0.39 is 30.4 Å². The monoisotopic (exact) mass is 494 g/mol. The number of ether oxygens (including phenoxy) is 2. The van der Waals surface area contributed by atoms with Crippen LogP contribution in [0.4, 0.5) is 5.00 Å². The first kappa shape index (κ1) is 26.2. The number of amides is 2. The number of thiophene rings is 2. The average Bonchev–Trinajstić information content (AvgIpc) is 3.27. The van der Waals surface area contributed by atoms with Crippen molar-refractivity contribution in [3.05, 3.63) is 37.4 Å². The maximum absolute atomic E-state index is 12.3. The Labute approximate surface area is 199 Å². The van der Waals surface area contributed by atoms with Gasteiger partial charge in [-0.2, -0.15) is 0 Å². The summed E-state index contributed by atoms with van der Waals surface area (Å²) < 4.78 is 9.98. The summed E-state index contributed by atoms with van der Waals surface area (Å²) in [6.07, 6.45) is -0.183. The number of hydrogen-bond acceptors (Lipinski definition) is 9. The van der Waals surface area contributed by atoms with Crippen LogP contribution in [0.5, 0.6) is 0 Å². The third kappa shape index (κ3) is 6.72. The summed E-state index contributed by atoms with van der Waals surface area (Å²) in [5.74, 6) is -2.62. The van der Waals surface area contributed by atoms with Crippen molar-refractivity contribution in [3.63, 3.8) is 0 Å². The van der Waals surface area contributed by atoms with Gasteiger partial charge in [0.25, 0.3) is 11.8 Å². The molecular weight excluding hydrogens is 468 g/mol. The van der Waals surface area contributed by atoms with Crippen molar-refractivity contribution in [1.82, 2.24) is 5.32 Å². The molecule has 2 rings (SSSR count). The Morgan fingerprint density at radius 3 is 2.27 bits per heavy atom. The van der Waals surface area contributed by atoms with E-state index in [-0.39, 0.29) is 40.7 Å². The van der Waals surface area contributed by atoms with Crippen molar-refractivity contribution in [2.75, 3.05) is 25.6 Å². The molecule has 0 radical (unpaired) electrons. The molecule has 33 heavy (non-hydrogen) atoms. The van der Waals surface area contributed by atoms with Crippen LogP contribution < -0.4 is 10.6 Å². The summed E-state index contributed by atoms with van der Waals surface area (Å²) in [5.41, 5.74) is 1.05. The first-order valence-electron chi connectivity index (χ1n) is 10.2. The highest BCUT2D eigenvalue weighted by Gasteiger charge is 2.26. The van der Waals surface area contributed by atoms with E-state index in [1.807, 2.05) is 13.8 Å². The smallest absolute Gasteiger partial charge is 0.341 e. The Morgan fingerprint density at radius 2 is 1.70 bits per heavy atom. The van der Waals surface area contributed by atoms with Gasteiger partial charge in [-0.3, -0.25) is 19.2 Å². The molecule has 2 amide bonds. The van der Waals surface area contributed by atoms with Gasteiger partial charge in [0.15, 0.2) is 12.4 Å². The number of carbonyl (C=O) groups is 5. The normalized spacial score (nSPS) is 10.5. The highest BCUT2D eigenvalue weighted by Crippen LogP contribution is 2.33. The number of aryl methyl sites for hydroxylation is 2. The van der Waals surface area contributed by atoms with Crippen molar-refractivity contribution in [3.8, 4) is 0 Å². The Balaban J connectivity index is 1.97. The Bertz CT molecular complexity index is 1080. The molecule has 2 heterocycles. The molecule has 0 fully saturated rings. The van der Waals surface area contributed by atoms with Crippen molar-refractivity contribution >= 4 is 57.2 Å². The van der Waals surface area contributed by atoms with Crippen molar-refractivity contribution < 1.29 is 33.4 Å². The Morgan fingerprint density at radius 1 is 1.00 bits per heavy atom. The van der Waals surface area contributed by atoms with E-state index in [4.69, 9.17) is 9.47 Å². The van der Waals surface area contributed by atoms with Crippen LogP contribution in [0.15, 0.2) is 6.07 Å². The zero-order chi connectivity index (χ0) is 24.7. The molecular formula is C22H26N2O7S2. The summed E-state index contributed by atoms with van der Waals surface area (Å²) in [4.78, 5) is 63.2. The van der Waals surface area contributed by atoms with Gasteiger partial charge in [0, 0.05) is 28.8 Å². The Kier molecular flexibility index (Phi) is 9.30. The van der Waals surface area contributed by atoms with E-state index in [0.29, 0.717) is 11.1 Å². The van der Waals surface area contributed by atoms with Crippen molar-refractivity contribution in [2.24, 2.45) is 0 Å². The van der Waals surface area contributed by atoms with E-state index in [1.54, 1.807) is 19.9 Å². The van der Waals surface area contributed by atoms with Gasteiger partial charge in [-0.1, -0.05) is 0 Å². The summed E-state index contributed by atoms with van der Waals surface area (Å²) in [6, 6.07) is 1.79. The van der Waals surface area contributed by atoms with Crippen LogP contribution in [0.1, 0.15) is 65.5 Å². The lowest BCUT2D eigenvalue weighted by Crippen LogP contribution is -2.22. The lowest BCUT2D eigenvalue weighted by molar-refractivity contribution is -0.147. The van der Waals surface area contributed by atoms with Gasteiger partial charge >= 0.3 is 11.9 Å². The van der Waals surface area contributed by atoms with Gasteiger partial charge in [-0.25, -0.2) is 4.79 Å². The fourth-order valence-corrected chi connectivity index (χ4v) is 5.12. The molecule has 0 aliphatic heterocycles. The molecule has 0 aliphatic carbocycles. The third-order valence-electron chi connectivity index (χ3n) is 4.57. The second-order valence-electron chi connectivity index (χ2n) is 7.02. The van der Waals surface area contributed by atoms with Crippen LogP contribution in [0.2, 0.25) is 0 Å². The van der Waals surface area contributed by atoms with Gasteiger partial charge in [0.05, 0.1) is 23.5 Å². The number of rotatable bonds is 10.